The molecular weight excluding hydrogens is 509 g/mol. The maximum atomic E-state index is 12.9. The number of pyridine rings is 1. The summed E-state index contributed by atoms with van der Waals surface area (Å²) in [4.78, 5) is 18.8. The lowest BCUT2D eigenvalue weighted by molar-refractivity contribution is 0.0935. The number of anilines is 1. The van der Waals surface area contributed by atoms with Crippen molar-refractivity contribution in [3.63, 3.8) is 0 Å². The summed E-state index contributed by atoms with van der Waals surface area (Å²) in [6.45, 7) is 2.29. The second kappa shape index (κ2) is 8.38. The maximum Gasteiger partial charge on any atom is 0.265 e. The molecule has 0 spiro atoms. The molecule has 0 radical (unpaired) electrons. The number of aromatic nitrogens is 1. The number of carbonyl (C=O) groups is 1. The SMILES string of the molecule is COCc1cc(C)nc2sc3c(c12)NC(c1ccc(-c2c(Cl)cc(Cl)c(Cl)c2O)o1)NC3=O. The number of amides is 1. The third-order valence-electron chi connectivity index (χ3n) is 5.25. The highest BCUT2D eigenvalue weighted by Crippen LogP contribution is 2.46. The predicted molar refractivity (Wildman–Crippen MR) is 130 cm³/mol. The van der Waals surface area contributed by atoms with Gasteiger partial charge < -0.3 is 24.9 Å². The summed E-state index contributed by atoms with van der Waals surface area (Å²) in [5, 5.41) is 17.8. The summed E-state index contributed by atoms with van der Waals surface area (Å²) in [6, 6.07) is 6.70. The number of ether oxygens (including phenoxy) is 1. The molecule has 3 aromatic heterocycles. The van der Waals surface area contributed by atoms with Crippen LogP contribution in [0.5, 0.6) is 5.75 Å². The number of methoxy groups -OCH3 is 1. The van der Waals surface area contributed by atoms with Crippen LogP contribution < -0.4 is 10.6 Å². The van der Waals surface area contributed by atoms with Gasteiger partial charge in [0.15, 0.2) is 6.17 Å². The van der Waals surface area contributed by atoms with Crippen LogP contribution in [0.3, 0.4) is 0 Å². The number of phenolic OH excluding ortho intramolecular Hbond substituents is 1. The number of hydrogen-bond donors (Lipinski definition) is 3. The second-order valence-corrected chi connectivity index (χ2v) is 9.66. The minimum Gasteiger partial charge on any atom is -0.505 e. The van der Waals surface area contributed by atoms with Crippen LogP contribution in [0, 0.1) is 6.92 Å². The lowest BCUT2D eigenvalue weighted by Gasteiger charge is -2.24. The normalized spacial score (nSPS) is 15.4. The molecule has 0 aliphatic carbocycles. The van der Waals surface area contributed by atoms with E-state index in [0.717, 1.165) is 21.5 Å². The number of fused-ring (bicyclic) bond motifs is 3. The van der Waals surface area contributed by atoms with Gasteiger partial charge in [-0.15, -0.1) is 11.3 Å². The number of furan rings is 1. The third kappa shape index (κ3) is 3.72. The van der Waals surface area contributed by atoms with Crippen LogP contribution in [0.25, 0.3) is 21.5 Å². The van der Waals surface area contributed by atoms with Crippen LogP contribution in [0.4, 0.5) is 5.69 Å². The summed E-state index contributed by atoms with van der Waals surface area (Å²) in [5.74, 6) is 0.164. The Labute approximate surface area is 207 Å². The molecule has 170 valence electrons. The smallest absolute Gasteiger partial charge is 0.265 e. The highest BCUT2D eigenvalue weighted by atomic mass is 35.5. The van der Waals surface area contributed by atoms with Crippen molar-refractivity contribution in [1.82, 2.24) is 10.3 Å². The largest absolute Gasteiger partial charge is 0.505 e. The molecule has 4 aromatic rings. The fraction of sp³-hybridized carbons (Fsp3) is 0.182. The van der Waals surface area contributed by atoms with Crippen molar-refractivity contribution in [2.75, 3.05) is 12.4 Å². The molecule has 1 unspecified atom stereocenters. The Bertz CT molecular complexity index is 1430. The molecule has 11 heteroatoms. The molecule has 0 fully saturated rings. The molecule has 5 rings (SSSR count). The van der Waals surface area contributed by atoms with E-state index >= 15 is 0 Å². The summed E-state index contributed by atoms with van der Waals surface area (Å²) >= 11 is 19.6. The first-order chi connectivity index (χ1) is 15.8. The first-order valence-electron chi connectivity index (χ1n) is 9.74. The zero-order valence-corrected chi connectivity index (χ0v) is 20.3. The molecule has 0 saturated carbocycles. The van der Waals surface area contributed by atoms with Gasteiger partial charge in [-0.05, 0) is 36.8 Å². The van der Waals surface area contributed by atoms with Crippen molar-refractivity contribution in [3.8, 4) is 17.1 Å². The second-order valence-electron chi connectivity index (χ2n) is 7.47. The standard InChI is InChI=1S/C22H16Cl3N3O4S/c1-8-5-9(7-31-2)14-17-19(33-22(14)26-8)21(30)28-20(27-17)13-4-3-12(32-13)15-10(23)6-11(24)16(25)18(15)29/h3-6,20,27,29H,7H2,1-2H3,(H,28,30). The number of halogens is 3. The maximum absolute atomic E-state index is 12.9. The number of thiophene rings is 1. The van der Waals surface area contributed by atoms with Crippen LogP contribution in [-0.2, 0) is 11.3 Å². The van der Waals surface area contributed by atoms with E-state index in [2.05, 4.69) is 15.6 Å². The van der Waals surface area contributed by atoms with Crippen molar-refractivity contribution < 1.29 is 19.1 Å². The Hall–Kier alpha value is -2.49. The van der Waals surface area contributed by atoms with Crippen LogP contribution in [0.15, 0.2) is 28.7 Å². The topological polar surface area (TPSA) is 96.6 Å². The van der Waals surface area contributed by atoms with E-state index in [1.807, 2.05) is 13.0 Å². The minimum absolute atomic E-state index is 0.0269. The summed E-state index contributed by atoms with van der Waals surface area (Å²) in [5.41, 5.74) is 2.67. The Kier molecular flexibility index (Phi) is 5.66. The van der Waals surface area contributed by atoms with Crippen molar-refractivity contribution in [1.29, 1.82) is 0 Å². The monoisotopic (exact) mass is 523 g/mol. The summed E-state index contributed by atoms with van der Waals surface area (Å²) < 4.78 is 11.3. The number of hydrogen-bond acceptors (Lipinski definition) is 7. The van der Waals surface area contributed by atoms with Gasteiger partial charge in [-0.1, -0.05) is 34.8 Å². The number of aryl methyl sites for hydroxylation is 1. The third-order valence-corrected chi connectivity index (χ3v) is 7.40. The predicted octanol–water partition coefficient (Wildman–Crippen LogP) is 6.53. The van der Waals surface area contributed by atoms with E-state index in [-0.39, 0.29) is 38.0 Å². The first-order valence-corrected chi connectivity index (χ1v) is 11.7. The highest BCUT2D eigenvalue weighted by molar-refractivity contribution is 7.21. The molecule has 3 N–H and O–H groups in total. The van der Waals surface area contributed by atoms with E-state index in [1.165, 1.54) is 17.4 Å². The minimum atomic E-state index is -0.656. The number of aromatic hydroxyl groups is 1. The number of carbonyl (C=O) groups excluding carboxylic acids is 1. The van der Waals surface area contributed by atoms with E-state index in [0.29, 0.717) is 22.9 Å². The number of nitrogens with one attached hydrogen (secondary N) is 2. The van der Waals surface area contributed by atoms with Gasteiger partial charge in [0, 0.05) is 18.2 Å². The highest BCUT2D eigenvalue weighted by Gasteiger charge is 2.32. The molecular formula is C22H16Cl3N3O4S. The Morgan fingerprint density at radius 3 is 2.76 bits per heavy atom. The van der Waals surface area contributed by atoms with Crippen molar-refractivity contribution in [3.05, 3.63) is 61.2 Å². The summed E-state index contributed by atoms with van der Waals surface area (Å²) in [7, 11) is 1.62. The lowest BCUT2D eigenvalue weighted by Crippen LogP contribution is -2.37. The first kappa shape index (κ1) is 22.3. The van der Waals surface area contributed by atoms with Crippen molar-refractivity contribution >= 4 is 68.0 Å². The number of nitrogens with zero attached hydrogens (tertiary/aromatic N) is 1. The van der Waals surface area contributed by atoms with Crippen molar-refractivity contribution in [2.24, 2.45) is 0 Å². The molecule has 0 saturated heterocycles. The molecule has 7 nitrogen and oxygen atoms in total. The quantitative estimate of drug-likeness (QED) is 0.263. The zero-order valence-electron chi connectivity index (χ0n) is 17.3. The Balaban J connectivity index is 1.56. The Morgan fingerprint density at radius 1 is 1.21 bits per heavy atom. The molecule has 1 aromatic carbocycles. The number of phenols is 1. The average Bonchev–Trinajstić information content (AvgIpc) is 3.37. The molecule has 4 heterocycles. The Morgan fingerprint density at radius 2 is 2.00 bits per heavy atom. The molecule has 1 amide bonds. The average molecular weight is 525 g/mol. The van der Waals surface area contributed by atoms with Crippen LogP contribution >= 0.6 is 46.1 Å². The molecule has 1 atom stereocenters. The van der Waals surface area contributed by atoms with E-state index in [4.69, 9.17) is 44.0 Å². The molecule has 1 aliphatic rings. The van der Waals surface area contributed by atoms with Gasteiger partial charge in [0.25, 0.3) is 5.91 Å². The molecule has 1 aliphatic heterocycles. The number of benzene rings is 1. The zero-order chi connectivity index (χ0) is 23.4. The van der Waals surface area contributed by atoms with E-state index in [1.54, 1.807) is 19.2 Å². The molecule has 33 heavy (non-hydrogen) atoms. The van der Waals surface area contributed by atoms with Gasteiger partial charge in [-0.2, -0.15) is 0 Å². The fourth-order valence-electron chi connectivity index (χ4n) is 3.86. The van der Waals surface area contributed by atoms with Crippen molar-refractivity contribution in [2.45, 2.75) is 19.7 Å². The summed E-state index contributed by atoms with van der Waals surface area (Å²) in [6.07, 6.45) is -0.656. The van der Waals surface area contributed by atoms with Gasteiger partial charge >= 0.3 is 0 Å². The lowest BCUT2D eigenvalue weighted by atomic mass is 10.1. The number of rotatable bonds is 4. The fourth-order valence-corrected chi connectivity index (χ4v) is 5.69. The van der Waals surface area contributed by atoms with Gasteiger partial charge in [0.05, 0.1) is 27.9 Å². The molecule has 0 bridgehead atoms. The van der Waals surface area contributed by atoms with Gasteiger partial charge in [0.1, 0.15) is 32.0 Å². The van der Waals surface area contributed by atoms with Gasteiger partial charge in [-0.3, -0.25) is 4.79 Å². The van der Waals surface area contributed by atoms with Crippen LogP contribution in [-0.4, -0.2) is 23.1 Å². The van der Waals surface area contributed by atoms with E-state index in [9.17, 15) is 9.90 Å². The van der Waals surface area contributed by atoms with Gasteiger partial charge in [0.2, 0.25) is 0 Å². The van der Waals surface area contributed by atoms with Gasteiger partial charge in [-0.25, -0.2) is 4.98 Å². The van der Waals surface area contributed by atoms with Crippen LogP contribution in [0.1, 0.15) is 32.9 Å². The van der Waals surface area contributed by atoms with E-state index < -0.39 is 6.17 Å². The van der Waals surface area contributed by atoms with Crippen LogP contribution in [0.2, 0.25) is 15.1 Å².